The van der Waals surface area contributed by atoms with Gasteiger partial charge in [-0.3, -0.25) is 0 Å². The Balaban J connectivity index is 1.80. The lowest BCUT2D eigenvalue weighted by molar-refractivity contribution is 0.482. The summed E-state index contributed by atoms with van der Waals surface area (Å²) >= 11 is 0. The van der Waals surface area contributed by atoms with Gasteiger partial charge >= 0.3 is 0 Å². The number of benzene rings is 2. The molecule has 1 heterocycles. The first-order valence-corrected chi connectivity index (χ1v) is 6.26. The van der Waals surface area contributed by atoms with Crippen molar-refractivity contribution in [3.05, 3.63) is 72.3 Å². The molecule has 0 amide bonds. The summed E-state index contributed by atoms with van der Waals surface area (Å²) in [6.07, 6.45) is 3.39. The van der Waals surface area contributed by atoms with Gasteiger partial charge in [0.15, 0.2) is 5.75 Å². The molecular formula is C16H13FN2O. The van der Waals surface area contributed by atoms with Crippen molar-refractivity contribution in [3.63, 3.8) is 0 Å². The standard InChI is InChI=1S/C16H13FN2O/c1-12-2-8-15(9-3-12)20-16-10-18-19(11-16)14-6-4-13(17)5-7-14/h2-11H,1H3. The fourth-order valence-corrected chi connectivity index (χ4v) is 1.84. The molecule has 0 fully saturated rings. The minimum absolute atomic E-state index is 0.267. The van der Waals surface area contributed by atoms with Crippen molar-refractivity contribution in [1.82, 2.24) is 9.78 Å². The highest BCUT2D eigenvalue weighted by Crippen LogP contribution is 2.22. The molecule has 0 bridgehead atoms. The van der Waals surface area contributed by atoms with Gasteiger partial charge in [0.25, 0.3) is 0 Å². The van der Waals surface area contributed by atoms with E-state index >= 15 is 0 Å². The van der Waals surface area contributed by atoms with Gasteiger partial charge in [-0.2, -0.15) is 5.10 Å². The molecule has 0 spiro atoms. The Hall–Kier alpha value is -2.62. The minimum Gasteiger partial charge on any atom is -0.454 e. The third kappa shape index (κ3) is 2.69. The van der Waals surface area contributed by atoms with Gasteiger partial charge in [0.2, 0.25) is 0 Å². The van der Waals surface area contributed by atoms with E-state index < -0.39 is 0 Å². The molecule has 4 heteroatoms. The first kappa shape index (κ1) is 12.4. The number of rotatable bonds is 3. The van der Waals surface area contributed by atoms with Crippen LogP contribution < -0.4 is 4.74 Å². The molecule has 0 atom stereocenters. The summed E-state index contributed by atoms with van der Waals surface area (Å²) in [5.41, 5.74) is 1.96. The van der Waals surface area contributed by atoms with Crippen LogP contribution in [0.15, 0.2) is 60.9 Å². The monoisotopic (exact) mass is 268 g/mol. The highest BCUT2D eigenvalue weighted by atomic mass is 19.1. The number of ether oxygens (including phenoxy) is 1. The van der Waals surface area contributed by atoms with Crippen LogP contribution in [0.2, 0.25) is 0 Å². The summed E-state index contributed by atoms with van der Waals surface area (Å²) < 4.78 is 20.2. The van der Waals surface area contributed by atoms with Crippen LogP contribution in [0.3, 0.4) is 0 Å². The number of halogens is 1. The molecule has 0 saturated heterocycles. The molecule has 0 aliphatic carbocycles. The number of hydrogen-bond donors (Lipinski definition) is 0. The first-order chi connectivity index (χ1) is 9.70. The van der Waals surface area contributed by atoms with Crippen LogP contribution in [0.5, 0.6) is 11.5 Å². The zero-order valence-electron chi connectivity index (χ0n) is 11.0. The van der Waals surface area contributed by atoms with Crippen LogP contribution in [0.25, 0.3) is 5.69 Å². The maximum Gasteiger partial charge on any atom is 0.165 e. The van der Waals surface area contributed by atoms with Gasteiger partial charge in [-0.25, -0.2) is 9.07 Å². The fourth-order valence-electron chi connectivity index (χ4n) is 1.84. The Morgan fingerprint density at radius 1 is 0.950 bits per heavy atom. The first-order valence-electron chi connectivity index (χ1n) is 6.26. The molecule has 0 aliphatic rings. The molecule has 3 nitrogen and oxygen atoms in total. The van der Waals surface area contributed by atoms with E-state index in [0.717, 1.165) is 11.4 Å². The van der Waals surface area contributed by atoms with E-state index in [-0.39, 0.29) is 5.82 Å². The van der Waals surface area contributed by atoms with Crippen LogP contribution in [-0.4, -0.2) is 9.78 Å². The highest BCUT2D eigenvalue weighted by molar-refractivity contribution is 5.35. The second kappa shape index (κ2) is 5.17. The quantitative estimate of drug-likeness (QED) is 0.714. The lowest BCUT2D eigenvalue weighted by Crippen LogP contribution is -1.93. The summed E-state index contributed by atoms with van der Waals surface area (Å²) in [5, 5.41) is 4.20. The predicted octanol–water partition coefficient (Wildman–Crippen LogP) is 4.11. The minimum atomic E-state index is -0.267. The van der Waals surface area contributed by atoms with Crippen molar-refractivity contribution in [2.45, 2.75) is 6.92 Å². The van der Waals surface area contributed by atoms with Crippen molar-refractivity contribution >= 4 is 0 Å². The van der Waals surface area contributed by atoms with Gasteiger partial charge in [-0.15, -0.1) is 0 Å². The molecule has 0 unspecified atom stereocenters. The van der Waals surface area contributed by atoms with Gasteiger partial charge in [-0.05, 0) is 43.3 Å². The van der Waals surface area contributed by atoms with E-state index in [1.807, 2.05) is 31.2 Å². The molecule has 0 radical (unpaired) electrons. The fraction of sp³-hybridized carbons (Fsp3) is 0.0625. The zero-order chi connectivity index (χ0) is 13.9. The number of aryl methyl sites for hydroxylation is 1. The van der Waals surface area contributed by atoms with Gasteiger partial charge in [0, 0.05) is 0 Å². The molecule has 1 aromatic heterocycles. The maximum absolute atomic E-state index is 12.9. The van der Waals surface area contributed by atoms with E-state index in [1.54, 1.807) is 29.2 Å². The van der Waals surface area contributed by atoms with Crippen LogP contribution in [0, 0.1) is 12.7 Å². The van der Waals surface area contributed by atoms with Crippen molar-refractivity contribution < 1.29 is 9.13 Å². The Morgan fingerprint density at radius 2 is 1.65 bits per heavy atom. The molecule has 3 aromatic rings. The SMILES string of the molecule is Cc1ccc(Oc2cnn(-c3ccc(F)cc3)c2)cc1. The number of aromatic nitrogens is 2. The third-order valence-electron chi connectivity index (χ3n) is 2.91. The number of nitrogens with zero attached hydrogens (tertiary/aromatic N) is 2. The van der Waals surface area contributed by atoms with Gasteiger partial charge in [0.1, 0.15) is 11.6 Å². The Kier molecular flexibility index (Phi) is 3.21. The summed E-state index contributed by atoms with van der Waals surface area (Å²) in [6, 6.07) is 13.9. The molecule has 0 saturated carbocycles. The maximum atomic E-state index is 12.9. The average Bonchev–Trinajstić information content (AvgIpc) is 2.91. The lowest BCUT2D eigenvalue weighted by Gasteiger charge is -2.03. The normalized spacial score (nSPS) is 10.5. The average molecular weight is 268 g/mol. The van der Waals surface area contributed by atoms with Crippen LogP contribution in [0.1, 0.15) is 5.56 Å². The zero-order valence-corrected chi connectivity index (χ0v) is 11.0. The highest BCUT2D eigenvalue weighted by Gasteiger charge is 2.03. The topological polar surface area (TPSA) is 27.1 Å². The molecule has 2 aromatic carbocycles. The van der Waals surface area contributed by atoms with E-state index in [4.69, 9.17) is 4.74 Å². The smallest absolute Gasteiger partial charge is 0.165 e. The number of hydrogen-bond acceptors (Lipinski definition) is 2. The van der Waals surface area contributed by atoms with Crippen molar-refractivity contribution in [3.8, 4) is 17.2 Å². The summed E-state index contributed by atoms with van der Waals surface area (Å²) in [6.45, 7) is 2.02. The summed E-state index contributed by atoms with van der Waals surface area (Å²) in [7, 11) is 0. The Bertz CT molecular complexity index is 702. The van der Waals surface area contributed by atoms with Crippen molar-refractivity contribution in [2.75, 3.05) is 0 Å². The summed E-state index contributed by atoms with van der Waals surface area (Å²) in [5.74, 6) is 1.13. The van der Waals surface area contributed by atoms with Crippen molar-refractivity contribution in [2.24, 2.45) is 0 Å². The molecule has 3 rings (SSSR count). The predicted molar refractivity (Wildman–Crippen MR) is 74.8 cm³/mol. The van der Waals surface area contributed by atoms with Gasteiger partial charge in [0.05, 0.1) is 18.1 Å². The molecule has 0 N–H and O–H groups in total. The third-order valence-corrected chi connectivity index (χ3v) is 2.91. The van der Waals surface area contributed by atoms with Crippen LogP contribution >= 0.6 is 0 Å². The second-order valence-electron chi connectivity index (χ2n) is 4.51. The van der Waals surface area contributed by atoms with Gasteiger partial charge in [-0.1, -0.05) is 17.7 Å². The second-order valence-corrected chi connectivity index (χ2v) is 4.51. The Labute approximate surface area is 116 Å². The van der Waals surface area contributed by atoms with E-state index in [9.17, 15) is 4.39 Å². The summed E-state index contributed by atoms with van der Waals surface area (Å²) in [4.78, 5) is 0. The van der Waals surface area contributed by atoms with E-state index in [0.29, 0.717) is 5.75 Å². The molecule has 100 valence electrons. The Morgan fingerprint density at radius 3 is 2.35 bits per heavy atom. The largest absolute Gasteiger partial charge is 0.454 e. The lowest BCUT2D eigenvalue weighted by atomic mass is 10.2. The van der Waals surface area contributed by atoms with Gasteiger partial charge < -0.3 is 4.74 Å². The molecule has 0 aliphatic heterocycles. The van der Waals surface area contributed by atoms with Crippen molar-refractivity contribution in [1.29, 1.82) is 0 Å². The molecule has 20 heavy (non-hydrogen) atoms. The van der Waals surface area contributed by atoms with E-state index in [1.165, 1.54) is 17.7 Å². The van der Waals surface area contributed by atoms with E-state index in [2.05, 4.69) is 5.10 Å². The van der Waals surface area contributed by atoms with Crippen LogP contribution in [-0.2, 0) is 0 Å². The van der Waals surface area contributed by atoms with Crippen LogP contribution in [0.4, 0.5) is 4.39 Å². The molecular weight excluding hydrogens is 255 g/mol.